The Kier molecular flexibility index (Phi) is 5.40. The molecular weight excluding hydrogens is 274 g/mol. The van der Waals surface area contributed by atoms with Crippen LogP contribution in [0.2, 0.25) is 5.02 Å². The molecule has 3 N–H and O–H groups in total. The minimum atomic E-state index is 0.00287. The Balaban J connectivity index is 2.28. The average Bonchev–Trinajstić information content (AvgIpc) is 2.66. The summed E-state index contributed by atoms with van der Waals surface area (Å²) < 4.78 is 0. The number of nitrogens with zero attached hydrogens (tertiary/aromatic N) is 1. The van der Waals surface area contributed by atoms with Crippen molar-refractivity contribution in [2.75, 3.05) is 19.6 Å². The predicted molar refractivity (Wildman–Crippen MR) is 81.7 cm³/mol. The second-order valence-electron chi connectivity index (χ2n) is 5.17. The van der Waals surface area contributed by atoms with E-state index >= 15 is 0 Å². The average molecular weight is 296 g/mol. The molecule has 2 rings (SSSR count). The molecule has 0 spiro atoms. The molecule has 20 heavy (non-hydrogen) atoms. The molecule has 110 valence electrons. The lowest BCUT2D eigenvalue weighted by molar-refractivity contribution is -0.120. The lowest BCUT2D eigenvalue weighted by Gasteiger charge is -2.35. The molecule has 1 fully saturated rings. The molecule has 1 aromatic carbocycles. The summed E-state index contributed by atoms with van der Waals surface area (Å²) in [6.07, 6.45) is 1.38. The molecule has 1 aliphatic heterocycles. The van der Waals surface area contributed by atoms with Gasteiger partial charge in [-0.3, -0.25) is 9.69 Å². The Hall–Kier alpha value is -1.10. The lowest BCUT2D eigenvalue weighted by Crippen LogP contribution is -2.42. The molecule has 4 nitrogen and oxygen atoms in total. The van der Waals surface area contributed by atoms with Crippen LogP contribution in [0.25, 0.3) is 0 Å². The molecular formula is C15H22ClN3O. The Morgan fingerprint density at radius 2 is 2.15 bits per heavy atom. The van der Waals surface area contributed by atoms with Gasteiger partial charge in [0, 0.05) is 37.1 Å². The first-order chi connectivity index (χ1) is 9.63. The highest BCUT2D eigenvalue weighted by Gasteiger charge is 2.28. The van der Waals surface area contributed by atoms with E-state index in [-0.39, 0.29) is 18.0 Å². The van der Waals surface area contributed by atoms with Crippen molar-refractivity contribution >= 4 is 17.5 Å². The molecule has 0 saturated carbocycles. The molecule has 1 heterocycles. The van der Waals surface area contributed by atoms with Gasteiger partial charge in [0.1, 0.15) is 0 Å². The van der Waals surface area contributed by atoms with E-state index < -0.39 is 0 Å². The van der Waals surface area contributed by atoms with Crippen molar-refractivity contribution in [2.24, 2.45) is 5.73 Å². The maximum absolute atomic E-state index is 11.5. The highest BCUT2D eigenvalue weighted by atomic mass is 35.5. The van der Waals surface area contributed by atoms with Gasteiger partial charge in [0.25, 0.3) is 0 Å². The van der Waals surface area contributed by atoms with Gasteiger partial charge in [-0.15, -0.1) is 0 Å². The van der Waals surface area contributed by atoms with Gasteiger partial charge in [0.05, 0.1) is 6.04 Å². The Morgan fingerprint density at radius 3 is 2.85 bits per heavy atom. The van der Waals surface area contributed by atoms with Crippen LogP contribution in [0.4, 0.5) is 0 Å². The summed E-state index contributed by atoms with van der Waals surface area (Å²) in [5.41, 5.74) is 7.38. The summed E-state index contributed by atoms with van der Waals surface area (Å²) in [7, 11) is 0. The van der Waals surface area contributed by atoms with Crippen LogP contribution in [-0.2, 0) is 4.79 Å². The third-order valence-electron chi connectivity index (χ3n) is 3.84. The summed E-state index contributed by atoms with van der Waals surface area (Å²) in [4.78, 5) is 13.8. The quantitative estimate of drug-likeness (QED) is 0.892. The number of benzene rings is 1. The van der Waals surface area contributed by atoms with Crippen molar-refractivity contribution in [2.45, 2.75) is 31.8 Å². The van der Waals surface area contributed by atoms with Gasteiger partial charge in [-0.1, -0.05) is 36.7 Å². The number of rotatable bonds is 4. The fourth-order valence-corrected chi connectivity index (χ4v) is 2.95. The zero-order valence-electron chi connectivity index (χ0n) is 11.8. The predicted octanol–water partition coefficient (Wildman–Crippen LogP) is 1.94. The summed E-state index contributed by atoms with van der Waals surface area (Å²) in [5.74, 6) is 0.107. The SMILES string of the molecule is CCC(N)C(c1ccccc1Cl)N1CCNC(=O)CC1. The van der Waals surface area contributed by atoms with E-state index in [2.05, 4.69) is 17.1 Å². The number of hydrogen-bond donors (Lipinski definition) is 2. The molecule has 2 atom stereocenters. The standard InChI is InChI=1S/C15H22ClN3O/c1-2-13(17)15(11-5-3-4-6-12(11)16)19-9-7-14(20)18-8-10-19/h3-6,13,15H,2,7-10,17H2,1H3,(H,18,20). The van der Waals surface area contributed by atoms with Crippen LogP contribution < -0.4 is 11.1 Å². The van der Waals surface area contributed by atoms with Crippen molar-refractivity contribution in [1.29, 1.82) is 0 Å². The molecule has 2 unspecified atom stereocenters. The van der Waals surface area contributed by atoms with E-state index in [1.807, 2.05) is 24.3 Å². The van der Waals surface area contributed by atoms with E-state index in [1.165, 1.54) is 0 Å². The van der Waals surface area contributed by atoms with E-state index in [9.17, 15) is 4.79 Å². The van der Waals surface area contributed by atoms with Gasteiger partial charge in [-0.25, -0.2) is 0 Å². The van der Waals surface area contributed by atoms with E-state index in [0.29, 0.717) is 13.0 Å². The number of amides is 1. The zero-order valence-corrected chi connectivity index (χ0v) is 12.6. The Morgan fingerprint density at radius 1 is 1.40 bits per heavy atom. The number of carbonyl (C=O) groups is 1. The molecule has 0 aromatic heterocycles. The van der Waals surface area contributed by atoms with Crippen molar-refractivity contribution in [3.8, 4) is 0 Å². The summed E-state index contributed by atoms with van der Waals surface area (Å²) >= 11 is 6.34. The van der Waals surface area contributed by atoms with Gasteiger partial charge < -0.3 is 11.1 Å². The van der Waals surface area contributed by atoms with Crippen molar-refractivity contribution in [1.82, 2.24) is 10.2 Å². The maximum atomic E-state index is 11.5. The van der Waals surface area contributed by atoms with Crippen LogP contribution in [0, 0.1) is 0 Å². The van der Waals surface area contributed by atoms with Crippen LogP contribution in [0.1, 0.15) is 31.4 Å². The molecule has 0 bridgehead atoms. The molecule has 5 heteroatoms. The highest BCUT2D eigenvalue weighted by molar-refractivity contribution is 6.31. The highest BCUT2D eigenvalue weighted by Crippen LogP contribution is 2.30. The first-order valence-electron chi connectivity index (χ1n) is 7.14. The van der Waals surface area contributed by atoms with Gasteiger partial charge in [0.2, 0.25) is 5.91 Å². The summed E-state index contributed by atoms with van der Waals surface area (Å²) in [5, 5.41) is 3.64. The van der Waals surface area contributed by atoms with E-state index in [1.54, 1.807) is 0 Å². The third-order valence-corrected chi connectivity index (χ3v) is 4.19. The van der Waals surface area contributed by atoms with Crippen LogP contribution in [0.5, 0.6) is 0 Å². The smallest absolute Gasteiger partial charge is 0.221 e. The van der Waals surface area contributed by atoms with Gasteiger partial charge in [0.15, 0.2) is 0 Å². The molecule has 1 saturated heterocycles. The Labute approximate surface area is 125 Å². The lowest BCUT2D eigenvalue weighted by atomic mass is 9.96. The molecule has 0 radical (unpaired) electrons. The van der Waals surface area contributed by atoms with Gasteiger partial charge >= 0.3 is 0 Å². The minimum Gasteiger partial charge on any atom is -0.355 e. The summed E-state index contributed by atoms with van der Waals surface area (Å²) in [6, 6.07) is 7.89. The number of hydrogen-bond acceptors (Lipinski definition) is 3. The zero-order chi connectivity index (χ0) is 14.5. The van der Waals surface area contributed by atoms with Crippen LogP contribution in [0.15, 0.2) is 24.3 Å². The van der Waals surface area contributed by atoms with E-state index in [0.717, 1.165) is 30.1 Å². The van der Waals surface area contributed by atoms with Crippen LogP contribution in [0.3, 0.4) is 0 Å². The molecule has 1 aliphatic rings. The topological polar surface area (TPSA) is 58.4 Å². The van der Waals surface area contributed by atoms with Gasteiger partial charge in [-0.2, -0.15) is 0 Å². The molecule has 1 aromatic rings. The first kappa shape index (κ1) is 15.3. The fraction of sp³-hybridized carbons (Fsp3) is 0.533. The normalized spacial score (nSPS) is 20.1. The third kappa shape index (κ3) is 3.51. The fourth-order valence-electron chi connectivity index (χ4n) is 2.70. The van der Waals surface area contributed by atoms with Crippen molar-refractivity contribution in [3.05, 3.63) is 34.9 Å². The van der Waals surface area contributed by atoms with Crippen LogP contribution in [-0.4, -0.2) is 36.5 Å². The van der Waals surface area contributed by atoms with Crippen molar-refractivity contribution < 1.29 is 4.79 Å². The first-order valence-corrected chi connectivity index (χ1v) is 7.52. The van der Waals surface area contributed by atoms with E-state index in [4.69, 9.17) is 17.3 Å². The largest absolute Gasteiger partial charge is 0.355 e. The minimum absolute atomic E-state index is 0.00287. The van der Waals surface area contributed by atoms with Gasteiger partial charge in [-0.05, 0) is 18.1 Å². The number of nitrogens with one attached hydrogen (secondary N) is 1. The second kappa shape index (κ2) is 7.07. The van der Waals surface area contributed by atoms with Crippen molar-refractivity contribution in [3.63, 3.8) is 0 Å². The summed E-state index contributed by atoms with van der Waals surface area (Å²) in [6.45, 7) is 4.26. The molecule has 0 aliphatic carbocycles. The Bertz CT molecular complexity index is 466. The van der Waals surface area contributed by atoms with Crippen LogP contribution >= 0.6 is 11.6 Å². The number of carbonyl (C=O) groups excluding carboxylic acids is 1. The number of halogens is 1. The maximum Gasteiger partial charge on any atom is 0.221 e. The number of nitrogens with two attached hydrogens (primary N) is 1. The molecule has 1 amide bonds. The second-order valence-corrected chi connectivity index (χ2v) is 5.58. The monoisotopic (exact) mass is 295 g/mol.